The smallest absolute Gasteiger partial charge is 0.249 e. The van der Waals surface area contributed by atoms with E-state index in [9.17, 15) is 0 Å². The Hall–Kier alpha value is -3.03. The Kier molecular flexibility index (Phi) is 3.65. The molecule has 0 aliphatic carbocycles. The third-order valence-electron chi connectivity index (χ3n) is 2.99. The van der Waals surface area contributed by atoms with Gasteiger partial charge in [-0.2, -0.15) is 9.97 Å². The molecule has 0 spiro atoms. The summed E-state index contributed by atoms with van der Waals surface area (Å²) >= 11 is 0. The molecule has 112 valence electrons. The van der Waals surface area contributed by atoms with Crippen molar-refractivity contribution in [2.75, 3.05) is 11.1 Å². The van der Waals surface area contributed by atoms with Gasteiger partial charge in [0, 0.05) is 29.7 Å². The lowest BCUT2D eigenvalue weighted by molar-refractivity contribution is 0.367. The van der Waals surface area contributed by atoms with Gasteiger partial charge in [0.05, 0.1) is 0 Å². The van der Waals surface area contributed by atoms with Crippen LogP contribution < -0.4 is 11.1 Å². The summed E-state index contributed by atoms with van der Waals surface area (Å²) in [5.41, 5.74) is 7.26. The maximum atomic E-state index is 5.63. The highest BCUT2D eigenvalue weighted by atomic mass is 16.5. The van der Waals surface area contributed by atoms with Gasteiger partial charge in [-0.05, 0) is 26.0 Å². The molecule has 0 saturated carbocycles. The fourth-order valence-corrected chi connectivity index (χ4v) is 1.98. The van der Waals surface area contributed by atoms with Gasteiger partial charge in [0.25, 0.3) is 0 Å². The molecule has 0 aliphatic rings. The first kappa shape index (κ1) is 13.9. The molecule has 0 fully saturated rings. The summed E-state index contributed by atoms with van der Waals surface area (Å²) in [6.45, 7) is 3.75. The zero-order valence-electron chi connectivity index (χ0n) is 12.2. The molecule has 3 aromatic rings. The fourth-order valence-electron chi connectivity index (χ4n) is 1.98. The van der Waals surface area contributed by atoms with Crippen molar-refractivity contribution in [2.45, 2.75) is 19.9 Å². The molecule has 0 saturated heterocycles. The number of nitrogens with two attached hydrogens (primary N) is 1. The Morgan fingerprint density at radius 3 is 2.68 bits per heavy atom. The first-order chi connectivity index (χ1) is 10.6. The molecule has 0 amide bonds. The lowest BCUT2D eigenvalue weighted by Crippen LogP contribution is -2.10. The molecular weight excluding hydrogens is 282 g/mol. The monoisotopic (exact) mass is 297 g/mol. The van der Waals surface area contributed by atoms with E-state index >= 15 is 0 Å². The maximum Gasteiger partial charge on any atom is 0.249 e. The summed E-state index contributed by atoms with van der Waals surface area (Å²) in [5, 5.41) is 7.14. The van der Waals surface area contributed by atoms with E-state index in [4.69, 9.17) is 10.3 Å². The third kappa shape index (κ3) is 3.00. The molecule has 1 atom stereocenters. The Bertz CT molecular complexity index is 752. The molecule has 8 nitrogen and oxygen atoms in total. The van der Waals surface area contributed by atoms with Gasteiger partial charge in [-0.1, -0.05) is 5.16 Å². The molecule has 0 aromatic carbocycles. The first-order valence-electron chi connectivity index (χ1n) is 6.73. The van der Waals surface area contributed by atoms with Crippen molar-refractivity contribution in [3.05, 3.63) is 42.2 Å². The second-order valence-electron chi connectivity index (χ2n) is 4.81. The zero-order chi connectivity index (χ0) is 15.5. The van der Waals surface area contributed by atoms with Gasteiger partial charge in [0.15, 0.2) is 0 Å². The number of nitrogen functional groups attached to an aromatic ring is 1. The van der Waals surface area contributed by atoms with Gasteiger partial charge in [-0.25, -0.2) is 4.98 Å². The van der Waals surface area contributed by atoms with E-state index in [1.54, 1.807) is 18.5 Å². The summed E-state index contributed by atoms with van der Waals surface area (Å²) in [4.78, 5) is 16.5. The summed E-state index contributed by atoms with van der Waals surface area (Å²) in [6.07, 6.45) is 3.36. The van der Waals surface area contributed by atoms with Gasteiger partial charge >= 0.3 is 0 Å². The normalized spacial score (nSPS) is 12.1. The van der Waals surface area contributed by atoms with Crippen molar-refractivity contribution in [3.63, 3.8) is 0 Å². The number of aryl methyl sites for hydroxylation is 1. The number of aromatic nitrogens is 5. The van der Waals surface area contributed by atoms with E-state index in [2.05, 4.69) is 30.4 Å². The average Bonchev–Trinajstić information content (AvgIpc) is 2.97. The second-order valence-corrected chi connectivity index (χ2v) is 4.81. The Morgan fingerprint density at radius 2 is 1.95 bits per heavy atom. The van der Waals surface area contributed by atoms with E-state index in [1.807, 2.05) is 26.0 Å². The van der Waals surface area contributed by atoms with Gasteiger partial charge in [0.1, 0.15) is 11.9 Å². The molecule has 3 heterocycles. The Balaban J connectivity index is 1.78. The maximum absolute atomic E-state index is 5.63. The number of nitrogens with zero attached hydrogens (tertiary/aromatic N) is 5. The van der Waals surface area contributed by atoms with Crippen molar-refractivity contribution in [1.82, 2.24) is 25.1 Å². The number of nitrogens with one attached hydrogen (secondary N) is 1. The minimum Gasteiger partial charge on any atom is -0.368 e. The van der Waals surface area contributed by atoms with Crippen molar-refractivity contribution < 1.29 is 4.52 Å². The van der Waals surface area contributed by atoms with Crippen molar-refractivity contribution >= 4 is 11.8 Å². The van der Waals surface area contributed by atoms with Gasteiger partial charge < -0.3 is 15.6 Å². The third-order valence-corrected chi connectivity index (χ3v) is 2.99. The van der Waals surface area contributed by atoms with Crippen LogP contribution in [0.5, 0.6) is 0 Å². The van der Waals surface area contributed by atoms with E-state index in [0.717, 1.165) is 11.3 Å². The number of hydrogen-bond acceptors (Lipinski definition) is 8. The van der Waals surface area contributed by atoms with Gasteiger partial charge in [-0.3, -0.25) is 4.98 Å². The van der Waals surface area contributed by atoms with Gasteiger partial charge in [-0.15, -0.1) is 0 Å². The van der Waals surface area contributed by atoms with Crippen LogP contribution in [0.25, 0.3) is 11.4 Å². The van der Waals surface area contributed by atoms with E-state index in [-0.39, 0.29) is 12.0 Å². The lowest BCUT2D eigenvalue weighted by Gasteiger charge is -2.10. The number of hydrogen-bond donors (Lipinski definition) is 2. The SMILES string of the molecule is Cc1cc(N[C@@H](C)c2nc(-c3ccncc3)no2)nc(N)n1. The summed E-state index contributed by atoms with van der Waals surface area (Å²) in [6, 6.07) is 5.23. The molecule has 0 aliphatic heterocycles. The standard InChI is InChI=1S/C14H15N7O/c1-8-7-11(19-14(15)17-8)18-9(2)13-20-12(21-22-13)10-3-5-16-6-4-10/h3-7,9H,1-2H3,(H3,15,17,18,19)/t9-/m0/s1. The zero-order valence-corrected chi connectivity index (χ0v) is 12.2. The molecule has 0 bridgehead atoms. The molecule has 3 aromatic heterocycles. The van der Waals surface area contributed by atoms with Crippen LogP contribution in [0.3, 0.4) is 0 Å². The molecule has 0 radical (unpaired) electrons. The van der Waals surface area contributed by atoms with Crippen LogP contribution in [0, 0.1) is 6.92 Å². The van der Waals surface area contributed by atoms with Crippen molar-refractivity contribution in [2.24, 2.45) is 0 Å². The molecular formula is C14H15N7O. The van der Waals surface area contributed by atoms with Crippen LogP contribution in [0.1, 0.15) is 24.6 Å². The van der Waals surface area contributed by atoms with Crippen molar-refractivity contribution in [3.8, 4) is 11.4 Å². The second kappa shape index (κ2) is 5.76. The number of anilines is 2. The van der Waals surface area contributed by atoms with Crippen LogP contribution in [0.15, 0.2) is 35.1 Å². The summed E-state index contributed by atoms with van der Waals surface area (Å²) in [7, 11) is 0. The molecule has 8 heteroatoms. The minimum atomic E-state index is -0.211. The minimum absolute atomic E-state index is 0.211. The predicted octanol–water partition coefficient (Wildman–Crippen LogP) is 1.99. The fraction of sp³-hybridized carbons (Fsp3) is 0.214. The molecule has 3 N–H and O–H groups in total. The highest BCUT2D eigenvalue weighted by molar-refractivity contribution is 5.52. The first-order valence-corrected chi connectivity index (χ1v) is 6.73. The largest absolute Gasteiger partial charge is 0.368 e. The summed E-state index contributed by atoms with van der Waals surface area (Å²) < 4.78 is 5.29. The van der Waals surface area contributed by atoms with Crippen LogP contribution in [0.4, 0.5) is 11.8 Å². The van der Waals surface area contributed by atoms with Gasteiger partial charge in [0.2, 0.25) is 17.7 Å². The quantitative estimate of drug-likeness (QED) is 0.751. The number of pyridine rings is 1. The molecule has 0 unspecified atom stereocenters. The Labute approximate surface area is 126 Å². The molecule has 22 heavy (non-hydrogen) atoms. The van der Waals surface area contributed by atoms with Crippen LogP contribution in [-0.2, 0) is 0 Å². The Morgan fingerprint density at radius 1 is 1.18 bits per heavy atom. The average molecular weight is 297 g/mol. The lowest BCUT2D eigenvalue weighted by atomic mass is 10.2. The van der Waals surface area contributed by atoms with Crippen LogP contribution >= 0.6 is 0 Å². The highest BCUT2D eigenvalue weighted by Crippen LogP contribution is 2.20. The predicted molar refractivity (Wildman–Crippen MR) is 80.7 cm³/mol. The number of rotatable bonds is 4. The van der Waals surface area contributed by atoms with E-state index in [0.29, 0.717) is 17.5 Å². The van der Waals surface area contributed by atoms with E-state index in [1.165, 1.54) is 0 Å². The summed E-state index contributed by atoms with van der Waals surface area (Å²) in [5.74, 6) is 1.81. The van der Waals surface area contributed by atoms with Crippen LogP contribution in [-0.4, -0.2) is 25.1 Å². The molecule has 3 rings (SSSR count). The topological polar surface area (TPSA) is 116 Å². The highest BCUT2D eigenvalue weighted by Gasteiger charge is 2.16. The van der Waals surface area contributed by atoms with E-state index < -0.39 is 0 Å². The van der Waals surface area contributed by atoms with Crippen LogP contribution in [0.2, 0.25) is 0 Å². The van der Waals surface area contributed by atoms with Crippen molar-refractivity contribution in [1.29, 1.82) is 0 Å².